The first-order valence-electron chi connectivity index (χ1n) is 5.08. The maximum absolute atomic E-state index is 5.74. The minimum Gasteiger partial charge on any atom is -0.345 e. The van der Waals surface area contributed by atoms with Gasteiger partial charge in [-0.25, -0.2) is 4.98 Å². The van der Waals surface area contributed by atoms with Crippen molar-refractivity contribution < 1.29 is 0 Å². The van der Waals surface area contributed by atoms with Gasteiger partial charge in [-0.15, -0.1) is 22.9 Å². The summed E-state index contributed by atoms with van der Waals surface area (Å²) in [7, 11) is 0. The van der Waals surface area contributed by atoms with E-state index < -0.39 is 0 Å². The average Bonchev–Trinajstić information content (AvgIpc) is 2.67. The van der Waals surface area contributed by atoms with E-state index in [1.807, 2.05) is 0 Å². The van der Waals surface area contributed by atoms with Gasteiger partial charge in [0.25, 0.3) is 0 Å². The molecule has 4 heteroatoms. The summed E-state index contributed by atoms with van der Waals surface area (Å²) in [4.78, 5) is 6.92. The first kappa shape index (κ1) is 10.2. The van der Waals surface area contributed by atoms with Crippen LogP contribution in [0.2, 0.25) is 0 Å². The van der Waals surface area contributed by atoms with Gasteiger partial charge in [0.15, 0.2) is 5.13 Å². The first-order chi connectivity index (χ1) is 6.81. The lowest BCUT2D eigenvalue weighted by Gasteiger charge is -2.33. The average molecular weight is 231 g/mol. The number of halogens is 1. The molecule has 1 aliphatic rings. The molecule has 0 spiro atoms. The standard InChI is InChI=1S/C10H15ClN2S/c1-8-4-2-3-5-13(8)10-12-9(6-11)7-14-10/h7-8H,2-6H2,1H3. The number of hydrogen-bond acceptors (Lipinski definition) is 3. The van der Waals surface area contributed by atoms with Crippen LogP contribution in [0.15, 0.2) is 5.38 Å². The number of thiazole rings is 1. The van der Waals surface area contributed by atoms with Gasteiger partial charge in [0, 0.05) is 18.0 Å². The van der Waals surface area contributed by atoms with Crippen LogP contribution in [0.4, 0.5) is 5.13 Å². The fourth-order valence-corrected chi connectivity index (χ4v) is 3.05. The van der Waals surface area contributed by atoms with Gasteiger partial charge >= 0.3 is 0 Å². The van der Waals surface area contributed by atoms with Gasteiger partial charge in [-0.3, -0.25) is 0 Å². The quantitative estimate of drug-likeness (QED) is 0.725. The lowest BCUT2D eigenvalue weighted by Crippen LogP contribution is -2.37. The first-order valence-corrected chi connectivity index (χ1v) is 6.49. The van der Waals surface area contributed by atoms with Crippen molar-refractivity contribution in [3.05, 3.63) is 11.1 Å². The number of rotatable bonds is 2. The largest absolute Gasteiger partial charge is 0.345 e. The van der Waals surface area contributed by atoms with Crippen LogP contribution in [0.25, 0.3) is 0 Å². The van der Waals surface area contributed by atoms with Crippen molar-refractivity contribution in [1.82, 2.24) is 4.98 Å². The zero-order valence-electron chi connectivity index (χ0n) is 8.37. The molecule has 0 radical (unpaired) electrons. The molecule has 0 saturated carbocycles. The van der Waals surface area contributed by atoms with E-state index in [1.165, 1.54) is 19.3 Å². The zero-order valence-corrected chi connectivity index (χ0v) is 9.94. The summed E-state index contributed by atoms with van der Waals surface area (Å²) >= 11 is 7.46. The van der Waals surface area contributed by atoms with Gasteiger partial charge in [-0.2, -0.15) is 0 Å². The Labute approximate surface area is 93.9 Å². The lowest BCUT2D eigenvalue weighted by molar-refractivity contribution is 0.484. The molecule has 1 saturated heterocycles. The summed E-state index contributed by atoms with van der Waals surface area (Å²) in [6.45, 7) is 3.43. The van der Waals surface area contributed by atoms with Crippen LogP contribution in [0, 0.1) is 0 Å². The van der Waals surface area contributed by atoms with Crippen molar-refractivity contribution in [3.8, 4) is 0 Å². The Morgan fingerprint density at radius 2 is 2.50 bits per heavy atom. The van der Waals surface area contributed by atoms with Crippen molar-refractivity contribution in [3.63, 3.8) is 0 Å². The third kappa shape index (κ3) is 2.04. The van der Waals surface area contributed by atoms with E-state index in [0.29, 0.717) is 11.9 Å². The minimum absolute atomic E-state index is 0.527. The number of alkyl halides is 1. The summed E-state index contributed by atoms with van der Waals surface area (Å²) in [6.07, 6.45) is 3.93. The molecule has 78 valence electrons. The molecule has 1 aliphatic heterocycles. The summed E-state index contributed by atoms with van der Waals surface area (Å²) in [5.41, 5.74) is 1.00. The monoisotopic (exact) mass is 230 g/mol. The second-order valence-corrected chi connectivity index (χ2v) is 4.90. The Morgan fingerprint density at radius 1 is 1.64 bits per heavy atom. The summed E-state index contributed by atoms with van der Waals surface area (Å²) < 4.78 is 0. The molecule has 1 aromatic rings. The molecule has 0 bridgehead atoms. The fourth-order valence-electron chi connectivity index (χ4n) is 1.87. The molecule has 2 rings (SSSR count). The number of anilines is 1. The van der Waals surface area contributed by atoms with E-state index in [4.69, 9.17) is 11.6 Å². The van der Waals surface area contributed by atoms with Crippen LogP contribution in [0.1, 0.15) is 31.9 Å². The number of nitrogens with zero attached hydrogens (tertiary/aromatic N) is 2. The maximum atomic E-state index is 5.74. The van der Waals surface area contributed by atoms with Crippen molar-refractivity contribution in [2.45, 2.75) is 38.1 Å². The van der Waals surface area contributed by atoms with E-state index >= 15 is 0 Å². The Hall–Kier alpha value is -0.280. The van der Waals surface area contributed by atoms with E-state index in [9.17, 15) is 0 Å². The van der Waals surface area contributed by atoms with Crippen molar-refractivity contribution in [2.75, 3.05) is 11.4 Å². The normalized spacial score (nSPS) is 22.7. The topological polar surface area (TPSA) is 16.1 Å². The fraction of sp³-hybridized carbons (Fsp3) is 0.700. The molecule has 0 aliphatic carbocycles. The second kappa shape index (κ2) is 4.49. The highest BCUT2D eigenvalue weighted by Crippen LogP contribution is 2.27. The molecule has 0 aromatic carbocycles. The van der Waals surface area contributed by atoms with Crippen LogP contribution in [-0.4, -0.2) is 17.6 Å². The Balaban J connectivity index is 2.12. The molecule has 1 atom stereocenters. The van der Waals surface area contributed by atoms with Crippen molar-refractivity contribution in [2.24, 2.45) is 0 Å². The molecular formula is C10H15ClN2S. The second-order valence-electron chi connectivity index (χ2n) is 3.79. The Kier molecular flexibility index (Phi) is 3.29. The van der Waals surface area contributed by atoms with Crippen molar-refractivity contribution in [1.29, 1.82) is 0 Å². The highest BCUT2D eigenvalue weighted by Gasteiger charge is 2.20. The molecule has 14 heavy (non-hydrogen) atoms. The molecule has 0 N–H and O–H groups in total. The summed E-state index contributed by atoms with van der Waals surface area (Å²) in [5.74, 6) is 0.527. The third-order valence-corrected chi connectivity index (χ3v) is 3.93. The van der Waals surface area contributed by atoms with E-state index in [2.05, 4.69) is 22.2 Å². The van der Waals surface area contributed by atoms with Crippen LogP contribution < -0.4 is 4.90 Å². The molecule has 1 aromatic heterocycles. The highest BCUT2D eigenvalue weighted by molar-refractivity contribution is 7.13. The van der Waals surface area contributed by atoms with Gasteiger partial charge in [0.2, 0.25) is 0 Å². The number of aromatic nitrogens is 1. The Bertz CT molecular complexity index is 300. The molecule has 0 amide bonds. The smallest absolute Gasteiger partial charge is 0.185 e. The van der Waals surface area contributed by atoms with Crippen molar-refractivity contribution >= 4 is 28.1 Å². The highest BCUT2D eigenvalue weighted by atomic mass is 35.5. The van der Waals surface area contributed by atoms with Crippen LogP contribution in [-0.2, 0) is 5.88 Å². The number of piperidine rings is 1. The lowest BCUT2D eigenvalue weighted by atomic mass is 10.1. The SMILES string of the molecule is CC1CCCCN1c1nc(CCl)cs1. The van der Waals surface area contributed by atoms with Crippen LogP contribution in [0.5, 0.6) is 0 Å². The molecule has 2 nitrogen and oxygen atoms in total. The van der Waals surface area contributed by atoms with Gasteiger partial charge < -0.3 is 4.90 Å². The summed E-state index contributed by atoms with van der Waals surface area (Å²) in [5, 5.41) is 3.21. The molecule has 2 heterocycles. The summed E-state index contributed by atoms with van der Waals surface area (Å²) in [6, 6.07) is 0.637. The molecular weight excluding hydrogens is 216 g/mol. The maximum Gasteiger partial charge on any atom is 0.185 e. The zero-order chi connectivity index (χ0) is 9.97. The van der Waals surface area contributed by atoms with E-state index in [1.54, 1.807) is 11.3 Å². The van der Waals surface area contributed by atoms with E-state index in [0.717, 1.165) is 17.4 Å². The molecule has 1 unspecified atom stereocenters. The number of hydrogen-bond donors (Lipinski definition) is 0. The Morgan fingerprint density at radius 3 is 3.14 bits per heavy atom. The van der Waals surface area contributed by atoms with Gasteiger partial charge in [0.1, 0.15) is 0 Å². The van der Waals surface area contributed by atoms with Gasteiger partial charge in [-0.05, 0) is 26.2 Å². The van der Waals surface area contributed by atoms with Crippen LogP contribution in [0.3, 0.4) is 0 Å². The minimum atomic E-state index is 0.527. The van der Waals surface area contributed by atoms with Crippen LogP contribution >= 0.6 is 22.9 Å². The predicted molar refractivity (Wildman–Crippen MR) is 62.3 cm³/mol. The van der Waals surface area contributed by atoms with Gasteiger partial charge in [0.05, 0.1) is 11.6 Å². The predicted octanol–water partition coefficient (Wildman–Crippen LogP) is 3.26. The van der Waals surface area contributed by atoms with E-state index in [-0.39, 0.29) is 0 Å². The van der Waals surface area contributed by atoms with Gasteiger partial charge in [-0.1, -0.05) is 0 Å². The third-order valence-electron chi connectivity index (χ3n) is 2.73. The molecule has 1 fully saturated rings.